The van der Waals surface area contributed by atoms with Gasteiger partial charge in [-0.15, -0.1) is 0 Å². The van der Waals surface area contributed by atoms with Gasteiger partial charge in [0.2, 0.25) is 0 Å². The van der Waals surface area contributed by atoms with Gasteiger partial charge < -0.3 is 14.6 Å². The molecule has 134 valence electrons. The summed E-state index contributed by atoms with van der Waals surface area (Å²) in [6, 6.07) is 3.70. The number of alkyl halides is 3. The van der Waals surface area contributed by atoms with Gasteiger partial charge in [0.25, 0.3) is 5.60 Å². The van der Waals surface area contributed by atoms with Crippen LogP contribution in [0.2, 0.25) is 0 Å². The largest absolute Gasteiger partial charge is 0.493 e. The second-order valence-corrected chi connectivity index (χ2v) is 4.89. The molecule has 0 saturated heterocycles. The summed E-state index contributed by atoms with van der Waals surface area (Å²) < 4.78 is 62.8. The van der Waals surface area contributed by atoms with Gasteiger partial charge >= 0.3 is 12.1 Å². The number of halogens is 4. The zero-order chi connectivity index (χ0) is 18.5. The molecule has 1 atom stereocenters. The van der Waals surface area contributed by atoms with Crippen molar-refractivity contribution in [3.63, 3.8) is 0 Å². The summed E-state index contributed by atoms with van der Waals surface area (Å²) in [5, 5.41) is 9.97. The quantitative estimate of drug-likeness (QED) is 0.630. The Morgan fingerprint density at radius 1 is 1.33 bits per heavy atom. The lowest BCUT2D eigenvalue weighted by Gasteiger charge is -2.29. The fourth-order valence-electron chi connectivity index (χ4n) is 2.14. The minimum Gasteiger partial charge on any atom is -0.493 e. The Hall–Kier alpha value is -2.09. The molecule has 1 N–H and O–H groups in total. The summed E-state index contributed by atoms with van der Waals surface area (Å²) in [5.41, 5.74) is -3.85. The van der Waals surface area contributed by atoms with Crippen molar-refractivity contribution in [2.24, 2.45) is 0 Å². The summed E-state index contributed by atoms with van der Waals surface area (Å²) in [7, 11) is 1.16. The Bertz CT molecular complexity index is 625. The molecule has 0 heterocycles. The minimum atomic E-state index is -5.27. The molecular weight excluding hydrogens is 332 g/mol. The van der Waals surface area contributed by atoms with Crippen LogP contribution >= 0.6 is 0 Å². The highest BCUT2D eigenvalue weighted by Gasteiger charge is 2.61. The number of hydrogen-bond acceptors (Lipinski definition) is 4. The molecule has 8 heteroatoms. The number of allylic oxidation sites excluding steroid dienone is 1. The van der Waals surface area contributed by atoms with Crippen molar-refractivity contribution in [2.75, 3.05) is 13.7 Å². The van der Waals surface area contributed by atoms with Gasteiger partial charge in [0, 0.05) is 12.0 Å². The Morgan fingerprint density at radius 2 is 1.96 bits per heavy atom. The monoisotopic (exact) mass is 350 g/mol. The number of carbonyl (C=O) groups is 1. The number of para-hydroxylation sites is 1. The van der Waals surface area contributed by atoms with Crippen LogP contribution in [0.4, 0.5) is 17.6 Å². The lowest BCUT2D eigenvalue weighted by molar-refractivity contribution is -0.260. The van der Waals surface area contributed by atoms with Gasteiger partial charge in [0.15, 0.2) is 11.6 Å². The summed E-state index contributed by atoms with van der Waals surface area (Å²) >= 11 is 0. The van der Waals surface area contributed by atoms with Gasteiger partial charge in [0.1, 0.15) is 0 Å². The molecule has 1 aromatic carbocycles. The number of aliphatic hydroxyl groups is 1. The lowest BCUT2D eigenvalue weighted by Crippen LogP contribution is -2.53. The van der Waals surface area contributed by atoms with E-state index in [-0.39, 0.29) is 23.5 Å². The fourth-order valence-corrected chi connectivity index (χ4v) is 2.14. The third kappa shape index (κ3) is 3.87. The van der Waals surface area contributed by atoms with Crippen LogP contribution in [-0.2, 0) is 9.53 Å². The molecular formula is C16H18F4O4. The Labute approximate surface area is 136 Å². The molecule has 0 saturated carbocycles. The van der Waals surface area contributed by atoms with Crippen molar-refractivity contribution in [1.29, 1.82) is 0 Å². The van der Waals surface area contributed by atoms with E-state index in [0.29, 0.717) is 0 Å². The number of carbonyl (C=O) groups excluding carboxylic acids is 1. The van der Waals surface area contributed by atoms with Crippen molar-refractivity contribution >= 4 is 11.5 Å². The number of methoxy groups -OCH3 is 1. The van der Waals surface area contributed by atoms with Crippen molar-refractivity contribution in [2.45, 2.75) is 32.0 Å². The standard InChI is InChI=1S/C16H18F4O4/c1-4-10(11-7-6-8-12(17)13(11)23-3)9-15(22,16(18,19)20)14(21)24-5-2/h4,6-8,22H,5,9H2,1-3H3/t15-/m1/s1. The zero-order valence-electron chi connectivity index (χ0n) is 13.4. The van der Waals surface area contributed by atoms with Crippen molar-refractivity contribution in [3.05, 3.63) is 35.7 Å². The van der Waals surface area contributed by atoms with E-state index in [0.717, 1.165) is 13.2 Å². The van der Waals surface area contributed by atoms with Crippen molar-refractivity contribution in [1.82, 2.24) is 0 Å². The number of rotatable bonds is 6. The van der Waals surface area contributed by atoms with Gasteiger partial charge in [-0.3, -0.25) is 0 Å². The smallest absolute Gasteiger partial charge is 0.428 e. The topological polar surface area (TPSA) is 55.8 Å². The summed E-state index contributed by atoms with van der Waals surface area (Å²) in [4.78, 5) is 11.7. The number of benzene rings is 1. The molecule has 0 amide bonds. The first-order valence-corrected chi connectivity index (χ1v) is 7.06. The number of hydrogen-bond donors (Lipinski definition) is 1. The fraction of sp³-hybridized carbons (Fsp3) is 0.438. The first-order valence-electron chi connectivity index (χ1n) is 7.06. The maximum Gasteiger partial charge on any atom is 0.428 e. The third-order valence-corrected chi connectivity index (χ3v) is 3.39. The molecule has 0 aromatic heterocycles. The van der Waals surface area contributed by atoms with Gasteiger partial charge in [-0.05, 0) is 25.5 Å². The van der Waals surface area contributed by atoms with E-state index in [2.05, 4.69) is 4.74 Å². The lowest BCUT2D eigenvalue weighted by atomic mass is 9.89. The van der Waals surface area contributed by atoms with Crippen LogP contribution < -0.4 is 4.74 Å². The van der Waals surface area contributed by atoms with Crippen LogP contribution in [-0.4, -0.2) is 36.6 Å². The normalized spacial score (nSPS) is 14.9. The average molecular weight is 350 g/mol. The van der Waals surface area contributed by atoms with Gasteiger partial charge in [-0.25, -0.2) is 9.18 Å². The molecule has 0 aliphatic rings. The molecule has 0 fully saturated rings. The minimum absolute atomic E-state index is 0.00646. The molecule has 0 radical (unpaired) electrons. The van der Waals surface area contributed by atoms with Crippen molar-refractivity contribution in [3.8, 4) is 5.75 Å². The molecule has 1 rings (SSSR count). The van der Waals surface area contributed by atoms with Crippen LogP contribution in [0, 0.1) is 5.82 Å². The zero-order valence-corrected chi connectivity index (χ0v) is 13.4. The second kappa shape index (κ2) is 7.65. The third-order valence-electron chi connectivity index (χ3n) is 3.39. The van der Waals surface area contributed by atoms with E-state index < -0.39 is 30.0 Å². The number of ether oxygens (including phenoxy) is 2. The van der Waals surface area contributed by atoms with Gasteiger partial charge in [-0.2, -0.15) is 13.2 Å². The molecule has 1 aromatic rings. The highest BCUT2D eigenvalue weighted by atomic mass is 19.4. The molecule has 4 nitrogen and oxygen atoms in total. The molecule has 24 heavy (non-hydrogen) atoms. The van der Waals surface area contributed by atoms with Crippen molar-refractivity contribution < 1.29 is 36.9 Å². The van der Waals surface area contributed by atoms with Crippen LogP contribution in [0.5, 0.6) is 5.75 Å². The number of esters is 1. The average Bonchev–Trinajstić information content (AvgIpc) is 2.51. The SMILES string of the molecule is CC=C(C[C@@](O)(C(=O)OCC)C(F)(F)F)c1cccc(F)c1OC. The predicted molar refractivity (Wildman–Crippen MR) is 78.9 cm³/mol. The molecule has 0 aliphatic heterocycles. The van der Waals surface area contributed by atoms with E-state index >= 15 is 0 Å². The maximum absolute atomic E-state index is 13.8. The van der Waals surface area contributed by atoms with Crippen LogP contribution in [0.25, 0.3) is 5.57 Å². The maximum atomic E-state index is 13.8. The van der Waals surface area contributed by atoms with Crippen LogP contribution in [0.1, 0.15) is 25.8 Å². The summed E-state index contributed by atoms with van der Waals surface area (Å²) in [6.07, 6.45) is -5.16. The Balaban J connectivity index is 3.36. The highest BCUT2D eigenvalue weighted by Crippen LogP contribution is 2.41. The van der Waals surface area contributed by atoms with E-state index in [9.17, 15) is 27.5 Å². The summed E-state index contributed by atoms with van der Waals surface area (Å²) in [5.74, 6) is -2.87. The van der Waals surface area contributed by atoms with E-state index in [4.69, 9.17) is 4.74 Å². The first kappa shape index (κ1) is 20.0. The molecule has 0 aliphatic carbocycles. The van der Waals surface area contributed by atoms with E-state index in [1.54, 1.807) is 0 Å². The van der Waals surface area contributed by atoms with Crippen LogP contribution in [0.3, 0.4) is 0 Å². The van der Waals surface area contributed by atoms with Crippen LogP contribution in [0.15, 0.2) is 24.3 Å². The molecule has 0 bridgehead atoms. The first-order chi connectivity index (χ1) is 11.1. The van der Waals surface area contributed by atoms with Gasteiger partial charge in [0.05, 0.1) is 13.7 Å². The summed E-state index contributed by atoms with van der Waals surface area (Å²) in [6.45, 7) is 2.40. The van der Waals surface area contributed by atoms with E-state index in [1.165, 1.54) is 32.1 Å². The van der Waals surface area contributed by atoms with E-state index in [1.807, 2.05) is 0 Å². The Morgan fingerprint density at radius 3 is 2.42 bits per heavy atom. The second-order valence-electron chi connectivity index (χ2n) is 4.89. The predicted octanol–water partition coefficient (Wildman–Crippen LogP) is 3.48. The highest BCUT2D eigenvalue weighted by molar-refractivity contribution is 5.84. The molecule has 0 spiro atoms. The Kier molecular flexibility index (Phi) is 6.36. The van der Waals surface area contributed by atoms with Gasteiger partial charge in [-0.1, -0.05) is 18.2 Å². The molecule has 0 unspecified atom stereocenters.